The van der Waals surface area contributed by atoms with Crippen molar-refractivity contribution in [3.63, 3.8) is 0 Å². The van der Waals surface area contributed by atoms with E-state index in [0.717, 1.165) is 6.07 Å². The van der Waals surface area contributed by atoms with E-state index in [1.54, 1.807) is 0 Å². The minimum absolute atomic E-state index is 0.222. The predicted molar refractivity (Wildman–Crippen MR) is 40.4 cm³/mol. The van der Waals surface area contributed by atoms with Crippen molar-refractivity contribution in [3.8, 4) is 0 Å². The van der Waals surface area contributed by atoms with Gasteiger partial charge in [0, 0.05) is 5.39 Å². The third-order valence-electron chi connectivity index (χ3n) is 1.72. The van der Waals surface area contributed by atoms with Crippen molar-refractivity contribution in [1.82, 2.24) is 10.2 Å². The van der Waals surface area contributed by atoms with Crippen LogP contribution in [0.3, 0.4) is 0 Å². The summed E-state index contributed by atoms with van der Waals surface area (Å²) in [5.41, 5.74) is 0.204. The second kappa shape index (κ2) is 2.55. The monoisotopic (exact) mass is 179 g/mol. The van der Waals surface area contributed by atoms with Crippen molar-refractivity contribution in [2.75, 3.05) is 0 Å². The Morgan fingerprint density at radius 1 is 1.54 bits per heavy atom. The summed E-state index contributed by atoms with van der Waals surface area (Å²) in [4.78, 5) is 10.5. The average Bonchev–Trinajstić information content (AvgIpc) is 2.46. The number of H-pyrrole nitrogens is 1. The van der Waals surface area contributed by atoms with Crippen molar-refractivity contribution in [2.24, 2.45) is 0 Å². The summed E-state index contributed by atoms with van der Waals surface area (Å²) in [6.07, 6.45) is 0. The average molecular weight is 179 g/mol. The highest BCUT2D eigenvalue weighted by molar-refractivity contribution is 5.99. The summed E-state index contributed by atoms with van der Waals surface area (Å²) in [7, 11) is 0. The van der Waals surface area contributed by atoms with Gasteiger partial charge < -0.3 is 9.90 Å². The number of hydrogen-bond donors (Lipinski definition) is 1. The molecule has 1 heterocycles. The lowest BCUT2D eigenvalue weighted by Gasteiger charge is -1.96. The Morgan fingerprint density at radius 2 is 2.31 bits per heavy atom. The summed E-state index contributed by atoms with van der Waals surface area (Å²) >= 11 is 0. The molecule has 13 heavy (non-hydrogen) atoms. The fourth-order valence-electron chi connectivity index (χ4n) is 1.14. The van der Waals surface area contributed by atoms with Gasteiger partial charge in [-0.2, -0.15) is 5.10 Å². The fourth-order valence-corrected chi connectivity index (χ4v) is 1.14. The number of hydrogen-bond acceptors (Lipinski definition) is 3. The summed E-state index contributed by atoms with van der Waals surface area (Å²) in [6.45, 7) is 0. The molecule has 2 aromatic rings. The highest BCUT2D eigenvalue weighted by Gasteiger charge is 2.06. The van der Waals surface area contributed by atoms with Gasteiger partial charge in [-0.05, 0) is 18.2 Å². The number of halogens is 1. The first-order valence-corrected chi connectivity index (χ1v) is 3.53. The van der Waals surface area contributed by atoms with Crippen LogP contribution in [0.25, 0.3) is 10.9 Å². The molecule has 0 saturated heterocycles. The molecule has 1 aromatic heterocycles. The van der Waals surface area contributed by atoms with Crippen molar-refractivity contribution in [3.05, 3.63) is 29.7 Å². The quantitative estimate of drug-likeness (QED) is 0.673. The first kappa shape index (κ1) is 7.72. The second-order valence-electron chi connectivity index (χ2n) is 2.55. The number of carbonyl (C=O) groups excluding carboxylic acids is 1. The Labute approximate surface area is 72.0 Å². The lowest BCUT2D eigenvalue weighted by molar-refractivity contribution is -0.255. The van der Waals surface area contributed by atoms with Crippen LogP contribution in [0.2, 0.25) is 0 Å². The number of aromatic nitrogens is 2. The van der Waals surface area contributed by atoms with Crippen LogP contribution in [-0.2, 0) is 0 Å². The summed E-state index contributed by atoms with van der Waals surface area (Å²) in [5, 5.41) is 16.6. The summed E-state index contributed by atoms with van der Waals surface area (Å²) in [6, 6.07) is 3.74. The van der Waals surface area contributed by atoms with Crippen molar-refractivity contribution in [2.45, 2.75) is 0 Å². The Kier molecular flexibility index (Phi) is 1.51. The van der Waals surface area contributed by atoms with E-state index >= 15 is 0 Å². The number of fused-ring (bicyclic) bond motifs is 1. The Morgan fingerprint density at radius 3 is 3.00 bits per heavy atom. The maximum absolute atomic E-state index is 12.7. The van der Waals surface area contributed by atoms with E-state index in [0.29, 0.717) is 5.52 Å². The van der Waals surface area contributed by atoms with Crippen LogP contribution in [0.1, 0.15) is 10.5 Å². The van der Waals surface area contributed by atoms with Gasteiger partial charge >= 0.3 is 0 Å². The van der Waals surface area contributed by atoms with Gasteiger partial charge in [0.25, 0.3) is 0 Å². The van der Waals surface area contributed by atoms with Crippen LogP contribution in [0.15, 0.2) is 18.2 Å². The van der Waals surface area contributed by atoms with Gasteiger partial charge in [-0.25, -0.2) is 4.39 Å². The zero-order chi connectivity index (χ0) is 9.42. The largest absolute Gasteiger partial charge is 0.543 e. The molecule has 0 aliphatic carbocycles. The van der Waals surface area contributed by atoms with E-state index in [1.807, 2.05) is 0 Å². The van der Waals surface area contributed by atoms with Gasteiger partial charge in [-0.3, -0.25) is 5.10 Å². The summed E-state index contributed by atoms with van der Waals surface area (Å²) in [5.74, 6) is -1.92. The minimum atomic E-state index is -1.42. The van der Waals surface area contributed by atoms with Gasteiger partial charge in [0.05, 0.1) is 11.5 Å². The number of benzene rings is 1. The van der Waals surface area contributed by atoms with Crippen molar-refractivity contribution in [1.29, 1.82) is 0 Å². The third kappa shape index (κ3) is 1.14. The number of aromatic carboxylic acids is 1. The van der Waals surface area contributed by atoms with Crippen LogP contribution in [-0.4, -0.2) is 16.2 Å². The molecule has 2 rings (SSSR count). The SMILES string of the molecule is O=C([O-])c1n[nH]c2ccc(F)cc12. The molecule has 0 atom stereocenters. The molecule has 66 valence electrons. The molecule has 0 radical (unpaired) electrons. The zero-order valence-corrected chi connectivity index (χ0v) is 6.37. The molecule has 0 saturated carbocycles. The molecule has 1 aromatic carbocycles. The van der Waals surface area contributed by atoms with E-state index in [-0.39, 0.29) is 11.1 Å². The molecule has 1 N–H and O–H groups in total. The van der Waals surface area contributed by atoms with Crippen LogP contribution in [0, 0.1) is 5.82 Å². The van der Waals surface area contributed by atoms with E-state index < -0.39 is 11.8 Å². The van der Waals surface area contributed by atoms with Gasteiger partial charge in [-0.15, -0.1) is 0 Å². The number of carbonyl (C=O) groups is 1. The van der Waals surface area contributed by atoms with Gasteiger partial charge in [0.2, 0.25) is 0 Å². The molecule has 5 heteroatoms. The molecule has 0 unspecified atom stereocenters. The Bertz CT molecular complexity index is 478. The first-order valence-electron chi connectivity index (χ1n) is 3.53. The smallest absolute Gasteiger partial charge is 0.124 e. The lowest BCUT2D eigenvalue weighted by Crippen LogP contribution is -2.22. The van der Waals surface area contributed by atoms with Crippen molar-refractivity contribution >= 4 is 16.9 Å². The number of carboxylic acid groups (broad SMARTS) is 1. The molecule has 0 aliphatic heterocycles. The minimum Gasteiger partial charge on any atom is -0.543 e. The standard InChI is InChI=1S/C8H5FN2O2/c9-4-1-2-6-5(3-4)7(8(12)13)11-10-6/h1-3H,(H,10,11)(H,12,13)/p-1. The van der Waals surface area contributed by atoms with Crippen LogP contribution in [0.5, 0.6) is 0 Å². The van der Waals surface area contributed by atoms with Gasteiger partial charge in [0.15, 0.2) is 0 Å². The third-order valence-corrected chi connectivity index (χ3v) is 1.72. The fraction of sp³-hybridized carbons (Fsp3) is 0. The molecule has 0 aliphatic rings. The Balaban J connectivity index is 2.79. The second-order valence-corrected chi connectivity index (χ2v) is 2.55. The predicted octanol–water partition coefficient (Wildman–Crippen LogP) is 0.0655. The highest BCUT2D eigenvalue weighted by Crippen LogP contribution is 2.16. The van der Waals surface area contributed by atoms with E-state index in [4.69, 9.17) is 0 Å². The van der Waals surface area contributed by atoms with Crippen LogP contribution < -0.4 is 5.11 Å². The summed E-state index contributed by atoms with van der Waals surface area (Å²) < 4.78 is 12.7. The molecule has 0 fully saturated rings. The first-order chi connectivity index (χ1) is 6.18. The topological polar surface area (TPSA) is 68.8 Å². The molecule has 0 spiro atoms. The van der Waals surface area contributed by atoms with Crippen LogP contribution in [0.4, 0.5) is 4.39 Å². The molecule has 0 bridgehead atoms. The van der Waals surface area contributed by atoms with Crippen molar-refractivity contribution < 1.29 is 14.3 Å². The molecular formula is C8H4FN2O2-. The highest BCUT2D eigenvalue weighted by atomic mass is 19.1. The van der Waals surface area contributed by atoms with Crippen LogP contribution >= 0.6 is 0 Å². The van der Waals surface area contributed by atoms with Gasteiger partial charge in [0.1, 0.15) is 11.5 Å². The van der Waals surface area contributed by atoms with E-state index in [2.05, 4.69) is 10.2 Å². The maximum Gasteiger partial charge on any atom is 0.124 e. The zero-order valence-electron chi connectivity index (χ0n) is 6.37. The molecule has 0 amide bonds. The van der Waals surface area contributed by atoms with E-state index in [1.165, 1.54) is 12.1 Å². The van der Waals surface area contributed by atoms with E-state index in [9.17, 15) is 14.3 Å². The number of nitrogens with zero attached hydrogens (tertiary/aromatic N) is 1. The molecular weight excluding hydrogens is 175 g/mol. The number of nitrogens with one attached hydrogen (secondary N) is 1. The normalized spacial score (nSPS) is 10.5. The molecule has 4 nitrogen and oxygen atoms in total. The Hall–Kier alpha value is -1.91. The number of rotatable bonds is 1. The van der Waals surface area contributed by atoms with Gasteiger partial charge in [-0.1, -0.05) is 0 Å². The lowest BCUT2D eigenvalue weighted by atomic mass is 10.2. The number of carboxylic acids is 1. The number of aromatic amines is 1. The maximum atomic E-state index is 12.7.